The van der Waals surface area contributed by atoms with Crippen molar-refractivity contribution in [2.45, 2.75) is 17.9 Å². The highest BCUT2D eigenvalue weighted by molar-refractivity contribution is 7.89. The third-order valence-electron chi connectivity index (χ3n) is 4.26. The average molecular weight is 395 g/mol. The van der Waals surface area contributed by atoms with Gasteiger partial charge < -0.3 is 10.2 Å². The number of anilines is 1. The van der Waals surface area contributed by atoms with Crippen LogP contribution in [-0.4, -0.2) is 45.0 Å². The minimum atomic E-state index is -3.76. The van der Waals surface area contributed by atoms with Crippen LogP contribution >= 0.6 is 0 Å². The number of sulfonamides is 1. The van der Waals surface area contributed by atoms with Crippen LogP contribution in [0.3, 0.4) is 0 Å². The monoisotopic (exact) mass is 395 g/mol. The van der Waals surface area contributed by atoms with Crippen molar-refractivity contribution in [3.8, 4) is 0 Å². The number of nitrogens with zero attached hydrogens (tertiary/aromatic N) is 2. The van der Waals surface area contributed by atoms with Gasteiger partial charge in [-0.15, -0.1) is 0 Å². The lowest BCUT2D eigenvalue weighted by atomic mass is 10.1. The predicted octanol–water partition coefficient (Wildman–Crippen LogP) is 3.23. The standard InChI is InChI=1S/C18H22FN3O4S/c1-13(16-7-5-6-8-17(16)19)21(2)18(23)20-14-9-11-15(12-10-14)27(24,25)22(3)26-4/h5-13H,1-4H3,(H,20,23). The van der Waals surface area contributed by atoms with Crippen molar-refractivity contribution >= 4 is 21.7 Å². The van der Waals surface area contributed by atoms with Crippen molar-refractivity contribution in [3.05, 3.63) is 59.9 Å². The molecule has 0 bridgehead atoms. The van der Waals surface area contributed by atoms with Gasteiger partial charge in [0, 0.05) is 25.3 Å². The van der Waals surface area contributed by atoms with E-state index in [4.69, 9.17) is 4.84 Å². The Morgan fingerprint density at radius 2 is 1.70 bits per heavy atom. The van der Waals surface area contributed by atoms with E-state index in [0.29, 0.717) is 11.3 Å². The normalized spacial score (nSPS) is 12.7. The summed E-state index contributed by atoms with van der Waals surface area (Å²) in [6.45, 7) is 1.72. The number of hydrogen-bond donors (Lipinski definition) is 1. The first-order valence-corrected chi connectivity index (χ1v) is 9.53. The number of amides is 2. The maximum absolute atomic E-state index is 13.9. The average Bonchev–Trinajstić information content (AvgIpc) is 2.66. The molecule has 0 heterocycles. The zero-order chi connectivity index (χ0) is 20.2. The molecule has 1 N–H and O–H groups in total. The molecule has 0 fully saturated rings. The van der Waals surface area contributed by atoms with Crippen molar-refractivity contribution in [2.75, 3.05) is 26.5 Å². The summed E-state index contributed by atoms with van der Waals surface area (Å²) in [4.78, 5) is 18.5. The van der Waals surface area contributed by atoms with E-state index in [2.05, 4.69) is 5.32 Å². The second-order valence-corrected chi connectivity index (χ2v) is 7.80. The van der Waals surface area contributed by atoms with Crippen molar-refractivity contribution in [1.82, 2.24) is 9.37 Å². The molecule has 0 radical (unpaired) electrons. The smallest absolute Gasteiger partial charge is 0.321 e. The fourth-order valence-corrected chi connectivity index (χ4v) is 3.34. The Morgan fingerprint density at radius 1 is 1.11 bits per heavy atom. The van der Waals surface area contributed by atoms with E-state index in [1.165, 1.54) is 49.4 Å². The first kappa shape index (κ1) is 20.8. The molecule has 0 spiro atoms. The Labute approximate surface area is 158 Å². The van der Waals surface area contributed by atoms with E-state index < -0.39 is 22.1 Å². The van der Waals surface area contributed by atoms with E-state index in [1.807, 2.05) is 0 Å². The highest BCUT2D eigenvalue weighted by Gasteiger charge is 2.22. The molecule has 0 aliphatic heterocycles. The van der Waals surface area contributed by atoms with Crippen LogP contribution in [-0.2, 0) is 14.9 Å². The fourth-order valence-electron chi connectivity index (χ4n) is 2.37. The lowest BCUT2D eigenvalue weighted by Crippen LogP contribution is -2.34. The first-order chi connectivity index (χ1) is 12.7. The second-order valence-electron chi connectivity index (χ2n) is 5.86. The Kier molecular flexibility index (Phi) is 6.53. The summed E-state index contributed by atoms with van der Waals surface area (Å²) in [6, 6.07) is 11.0. The summed E-state index contributed by atoms with van der Waals surface area (Å²) in [6.07, 6.45) is 0. The molecule has 2 aromatic carbocycles. The van der Waals surface area contributed by atoms with Crippen LogP contribution in [0.5, 0.6) is 0 Å². The zero-order valence-corrected chi connectivity index (χ0v) is 16.3. The molecule has 0 saturated carbocycles. The molecule has 9 heteroatoms. The van der Waals surface area contributed by atoms with Crippen LogP contribution in [0.15, 0.2) is 53.4 Å². The quantitative estimate of drug-likeness (QED) is 0.762. The lowest BCUT2D eigenvalue weighted by molar-refractivity contribution is -0.0258. The van der Waals surface area contributed by atoms with Crippen LogP contribution < -0.4 is 5.32 Å². The van der Waals surface area contributed by atoms with Gasteiger partial charge in [0.1, 0.15) is 5.82 Å². The van der Waals surface area contributed by atoms with Crippen LogP contribution in [0.25, 0.3) is 0 Å². The minimum Gasteiger partial charge on any atom is -0.321 e. The van der Waals surface area contributed by atoms with Gasteiger partial charge in [0.15, 0.2) is 0 Å². The Bertz CT molecular complexity index is 903. The molecule has 2 rings (SSSR count). The van der Waals surface area contributed by atoms with Gasteiger partial charge in [0.05, 0.1) is 18.0 Å². The van der Waals surface area contributed by atoms with Crippen LogP contribution in [0, 0.1) is 5.82 Å². The van der Waals surface area contributed by atoms with Crippen LogP contribution in [0.1, 0.15) is 18.5 Å². The van der Waals surface area contributed by atoms with E-state index in [0.717, 1.165) is 4.47 Å². The molecule has 0 aliphatic carbocycles. The van der Waals surface area contributed by atoms with E-state index in [-0.39, 0.29) is 10.7 Å². The third-order valence-corrected chi connectivity index (χ3v) is 5.95. The number of hydroxylamine groups is 1. The Hall–Kier alpha value is -2.49. The molecule has 7 nitrogen and oxygen atoms in total. The molecule has 1 unspecified atom stereocenters. The van der Waals surface area contributed by atoms with Crippen molar-refractivity contribution in [3.63, 3.8) is 0 Å². The number of carbonyl (C=O) groups is 1. The molecule has 27 heavy (non-hydrogen) atoms. The van der Waals surface area contributed by atoms with E-state index in [9.17, 15) is 17.6 Å². The van der Waals surface area contributed by atoms with E-state index in [1.54, 1.807) is 32.2 Å². The summed E-state index contributed by atoms with van der Waals surface area (Å²) in [5.74, 6) is -0.388. The highest BCUT2D eigenvalue weighted by atomic mass is 32.2. The zero-order valence-electron chi connectivity index (χ0n) is 15.5. The summed E-state index contributed by atoms with van der Waals surface area (Å²) in [7, 11) is 0.326. The van der Waals surface area contributed by atoms with Crippen molar-refractivity contribution in [2.24, 2.45) is 0 Å². The molecule has 0 aromatic heterocycles. The SMILES string of the molecule is CON(C)S(=O)(=O)c1ccc(NC(=O)N(C)C(C)c2ccccc2F)cc1. The lowest BCUT2D eigenvalue weighted by Gasteiger charge is -2.26. The van der Waals surface area contributed by atoms with Gasteiger partial charge >= 0.3 is 6.03 Å². The van der Waals surface area contributed by atoms with Gasteiger partial charge in [-0.25, -0.2) is 17.6 Å². The molecular formula is C18H22FN3O4S. The molecule has 0 aliphatic rings. The maximum atomic E-state index is 13.9. The van der Waals surface area contributed by atoms with E-state index >= 15 is 0 Å². The molecule has 2 aromatic rings. The molecule has 2 amide bonds. The van der Waals surface area contributed by atoms with Gasteiger partial charge in [-0.3, -0.25) is 4.84 Å². The van der Waals surface area contributed by atoms with Crippen LogP contribution in [0.2, 0.25) is 0 Å². The number of carbonyl (C=O) groups excluding carboxylic acids is 1. The first-order valence-electron chi connectivity index (χ1n) is 8.09. The number of hydrogen-bond acceptors (Lipinski definition) is 4. The number of urea groups is 1. The van der Waals surface area contributed by atoms with Crippen molar-refractivity contribution in [1.29, 1.82) is 0 Å². The van der Waals surface area contributed by atoms with Gasteiger partial charge in [-0.1, -0.05) is 22.7 Å². The number of benzene rings is 2. The van der Waals surface area contributed by atoms with Gasteiger partial charge in [-0.2, -0.15) is 0 Å². The van der Waals surface area contributed by atoms with Crippen molar-refractivity contribution < 1.29 is 22.4 Å². The largest absolute Gasteiger partial charge is 0.322 e. The van der Waals surface area contributed by atoms with Gasteiger partial charge in [0.2, 0.25) is 0 Å². The number of halogens is 1. The Morgan fingerprint density at radius 3 is 2.26 bits per heavy atom. The molecule has 0 saturated heterocycles. The summed E-state index contributed by atoms with van der Waals surface area (Å²) in [5, 5.41) is 2.66. The van der Waals surface area contributed by atoms with Crippen LogP contribution in [0.4, 0.5) is 14.9 Å². The summed E-state index contributed by atoms with van der Waals surface area (Å²) < 4.78 is 39.0. The third kappa shape index (κ3) is 4.62. The highest BCUT2D eigenvalue weighted by Crippen LogP contribution is 2.23. The fraction of sp³-hybridized carbons (Fsp3) is 0.278. The number of rotatable bonds is 6. The summed E-state index contributed by atoms with van der Waals surface area (Å²) >= 11 is 0. The van der Waals surface area contributed by atoms with Gasteiger partial charge in [0.25, 0.3) is 10.0 Å². The predicted molar refractivity (Wildman–Crippen MR) is 100.0 cm³/mol. The van der Waals surface area contributed by atoms with Gasteiger partial charge in [-0.05, 0) is 37.3 Å². The topological polar surface area (TPSA) is 79.0 Å². The summed E-state index contributed by atoms with van der Waals surface area (Å²) in [5.41, 5.74) is 0.811. The second kappa shape index (κ2) is 8.47. The molecular weight excluding hydrogens is 373 g/mol. The Balaban J connectivity index is 2.11. The molecule has 146 valence electrons. The minimum absolute atomic E-state index is 0.0259. The maximum Gasteiger partial charge on any atom is 0.322 e. The number of nitrogens with one attached hydrogen (secondary N) is 1. The molecule has 1 atom stereocenters.